The molecule has 0 saturated heterocycles. The average Bonchev–Trinajstić information content (AvgIpc) is 2.17. The summed E-state index contributed by atoms with van der Waals surface area (Å²) in [7, 11) is -7.68. The van der Waals surface area contributed by atoms with Crippen LogP contribution in [0.15, 0.2) is 0 Å². The second-order valence-electron chi connectivity index (χ2n) is 5.44. The normalized spacial score (nSPS) is 29.1. The van der Waals surface area contributed by atoms with Gasteiger partial charge in [-0.05, 0) is 31.6 Å². The molecule has 0 aromatic carbocycles. The predicted octanol–water partition coefficient (Wildman–Crippen LogP) is -0.207. The van der Waals surface area contributed by atoms with E-state index in [-0.39, 0.29) is 5.84 Å². The van der Waals surface area contributed by atoms with E-state index in [1.54, 1.807) is 0 Å². The Labute approximate surface area is 114 Å². The van der Waals surface area contributed by atoms with Crippen molar-refractivity contribution in [3.63, 3.8) is 0 Å². The predicted molar refractivity (Wildman–Crippen MR) is 74.0 cm³/mol. The number of nitrogens with two attached hydrogens (primary N) is 1. The van der Waals surface area contributed by atoms with Crippen LogP contribution >= 0.6 is 0 Å². The highest BCUT2D eigenvalue weighted by molar-refractivity contribution is 8.06. The molecule has 1 fully saturated rings. The molecule has 19 heavy (non-hydrogen) atoms. The Balaban J connectivity index is 2.95. The van der Waals surface area contributed by atoms with Gasteiger partial charge in [-0.3, -0.25) is 5.41 Å². The summed E-state index contributed by atoms with van der Waals surface area (Å²) in [6.45, 7) is 2.05. The Morgan fingerprint density at radius 1 is 1.32 bits per heavy atom. The summed E-state index contributed by atoms with van der Waals surface area (Å²) >= 11 is 0. The topological polar surface area (TPSA) is 130 Å². The van der Waals surface area contributed by atoms with E-state index in [0.717, 1.165) is 19.1 Å². The molecule has 1 rings (SSSR count). The maximum Gasteiger partial charge on any atom is 0.226 e. The van der Waals surface area contributed by atoms with Gasteiger partial charge >= 0.3 is 0 Å². The third-order valence-electron chi connectivity index (χ3n) is 3.36. The zero-order valence-corrected chi connectivity index (χ0v) is 12.8. The van der Waals surface area contributed by atoms with E-state index in [2.05, 4.69) is 11.6 Å². The van der Waals surface area contributed by atoms with E-state index in [1.807, 2.05) is 0 Å². The minimum Gasteiger partial charge on any atom is -0.386 e. The summed E-state index contributed by atoms with van der Waals surface area (Å²) in [4.78, 5) is 0. The minimum absolute atomic E-state index is 0.253. The van der Waals surface area contributed by atoms with Gasteiger partial charge in [-0.1, -0.05) is 6.92 Å². The Morgan fingerprint density at radius 2 is 1.79 bits per heavy atom. The van der Waals surface area contributed by atoms with E-state index in [1.165, 1.54) is 0 Å². The van der Waals surface area contributed by atoms with Crippen LogP contribution < -0.4 is 10.5 Å². The summed E-state index contributed by atoms with van der Waals surface area (Å²) in [5, 5.41) is 6.63. The summed E-state index contributed by atoms with van der Waals surface area (Å²) in [5.74, 6) is 0.198. The lowest BCUT2D eigenvalue weighted by Crippen LogP contribution is -2.59. The van der Waals surface area contributed by atoms with Crippen LogP contribution in [0.1, 0.15) is 32.6 Å². The SMILES string of the molecule is CC1CCC(NS(=O)(=O)CS(C)(=O)=O)(C(=N)N)CC1. The molecule has 7 nitrogen and oxygen atoms in total. The largest absolute Gasteiger partial charge is 0.386 e. The number of hydrogen-bond donors (Lipinski definition) is 3. The fourth-order valence-electron chi connectivity index (χ4n) is 2.29. The van der Waals surface area contributed by atoms with Gasteiger partial charge in [-0.25, -0.2) is 21.6 Å². The molecule has 0 atom stereocenters. The van der Waals surface area contributed by atoms with E-state index >= 15 is 0 Å². The van der Waals surface area contributed by atoms with E-state index in [0.29, 0.717) is 18.8 Å². The Kier molecular flexibility index (Phi) is 4.63. The molecular formula is C10H21N3O4S2. The summed E-state index contributed by atoms with van der Waals surface area (Å²) in [6.07, 6.45) is 3.20. The fraction of sp³-hybridized carbons (Fsp3) is 0.900. The molecule has 9 heteroatoms. The van der Waals surface area contributed by atoms with Gasteiger partial charge < -0.3 is 5.73 Å². The zero-order valence-electron chi connectivity index (χ0n) is 11.1. The highest BCUT2D eigenvalue weighted by atomic mass is 32.3. The van der Waals surface area contributed by atoms with Gasteiger partial charge in [0.2, 0.25) is 10.0 Å². The van der Waals surface area contributed by atoms with Crippen LogP contribution in [0.4, 0.5) is 0 Å². The van der Waals surface area contributed by atoms with Gasteiger partial charge in [0.05, 0.1) is 5.54 Å². The number of sulfonamides is 1. The van der Waals surface area contributed by atoms with Crippen molar-refractivity contribution in [2.24, 2.45) is 11.7 Å². The molecule has 0 spiro atoms. The second kappa shape index (κ2) is 5.37. The monoisotopic (exact) mass is 311 g/mol. The molecule has 1 aliphatic carbocycles. The molecule has 0 bridgehead atoms. The van der Waals surface area contributed by atoms with E-state index < -0.39 is 30.5 Å². The van der Waals surface area contributed by atoms with Crippen molar-refractivity contribution >= 4 is 25.7 Å². The van der Waals surface area contributed by atoms with Crippen LogP contribution in [0.3, 0.4) is 0 Å². The molecule has 112 valence electrons. The molecule has 0 aliphatic heterocycles. The molecule has 0 amide bonds. The number of sulfone groups is 1. The average molecular weight is 311 g/mol. The van der Waals surface area contributed by atoms with Crippen molar-refractivity contribution in [1.82, 2.24) is 4.72 Å². The molecule has 0 unspecified atom stereocenters. The van der Waals surface area contributed by atoms with Gasteiger partial charge in [0.25, 0.3) is 0 Å². The van der Waals surface area contributed by atoms with Crippen LogP contribution in [0.25, 0.3) is 0 Å². The quantitative estimate of drug-likeness (QED) is 0.478. The van der Waals surface area contributed by atoms with Crippen molar-refractivity contribution in [3.8, 4) is 0 Å². The van der Waals surface area contributed by atoms with Crippen molar-refractivity contribution in [1.29, 1.82) is 5.41 Å². The maximum absolute atomic E-state index is 11.9. The van der Waals surface area contributed by atoms with E-state index in [9.17, 15) is 16.8 Å². The van der Waals surface area contributed by atoms with Crippen molar-refractivity contribution in [3.05, 3.63) is 0 Å². The lowest BCUT2D eigenvalue weighted by atomic mass is 9.77. The van der Waals surface area contributed by atoms with Gasteiger partial charge in [-0.15, -0.1) is 0 Å². The first-order valence-electron chi connectivity index (χ1n) is 6.00. The lowest BCUT2D eigenvalue weighted by Gasteiger charge is -2.38. The smallest absolute Gasteiger partial charge is 0.226 e. The maximum atomic E-state index is 11.9. The third-order valence-corrected chi connectivity index (χ3v) is 7.02. The molecule has 0 radical (unpaired) electrons. The lowest BCUT2D eigenvalue weighted by molar-refractivity contribution is 0.286. The molecule has 1 aliphatic rings. The molecule has 0 heterocycles. The van der Waals surface area contributed by atoms with Crippen LogP contribution in [0, 0.1) is 11.3 Å². The minimum atomic E-state index is -4.02. The first kappa shape index (κ1) is 16.4. The highest BCUT2D eigenvalue weighted by Crippen LogP contribution is 2.32. The molecule has 1 saturated carbocycles. The van der Waals surface area contributed by atoms with Crippen molar-refractivity contribution < 1.29 is 16.8 Å². The third kappa shape index (κ3) is 4.73. The van der Waals surface area contributed by atoms with Crippen molar-refractivity contribution in [2.45, 2.75) is 38.1 Å². The Bertz CT molecular complexity index is 545. The summed E-state index contributed by atoms with van der Waals surface area (Å²) in [6, 6.07) is 0. The van der Waals surface area contributed by atoms with Gasteiger partial charge in [0, 0.05) is 6.26 Å². The van der Waals surface area contributed by atoms with Crippen LogP contribution in [-0.4, -0.2) is 39.6 Å². The number of amidine groups is 1. The standard InChI is InChI=1S/C10H21N3O4S2/c1-8-3-5-10(6-4-8,9(11)12)13-19(16,17)7-18(2,14)15/h8,13H,3-7H2,1-2H3,(H3,11,12). The summed E-state index contributed by atoms with van der Waals surface area (Å²) in [5.41, 5.74) is 4.40. The van der Waals surface area contributed by atoms with Crippen LogP contribution in [-0.2, 0) is 19.9 Å². The van der Waals surface area contributed by atoms with Crippen LogP contribution in [0.2, 0.25) is 0 Å². The Morgan fingerprint density at radius 3 is 2.16 bits per heavy atom. The van der Waals surface area contributed by atoms with Gasteiger partial charge in [0.1, 0.15) is 5.84 Å². The summed E-state index contributed by atoms with van der Waals surface area (Å²) < 4.78 is 48.3. The van der Waals surface area contributed by atoms with Gasteiger partial charge in [-0.2, -0.15) is 0 Å². The first-order valence-corrected chi connectivity index (χ1v) is 9.71. The van der Waals surface area contributed by atoms with Crippen LogP contribution in [0.5, 0.6) is 0 Å². The highest BCUT2D eigenvalue weighted by Gasteiger charge is 2.41. The van der Waals surface area contributed by atoms with Gasteiger partial charge in [0.15, 0.2) is 14.9 Å². The number of hydrogen-bond acceptors (Lipinski definition) is 5. The first-order chi connectivity index (χ1) is 8.46. The molecular weight excluding hydrogens is 290 g/mol. The number of nitrogens with one attached hydrogen (secondary N) is 2. The zero-order chi connectivity index (χ0) is 14.9. The molecule has 0 aromatic rings. The van der Waals surface area contributed by atoms with Crippen molar-refractivity contribution in [2.75, 3.05) is 11.3 Å². The Hall–Kier alpha value is -0.670. The number of rotatable bonds is 5. The fourth-order valence-corrected chi connectivity index (χ4v) is 5.69. The second-order valence-corrected chi connectivity index (χ2v) is 9.67. The molecule has 0 aromatic heterocycles. The molecule has 4 N–H and O–H groups in total. The van der Waals surface area contributed by atoms with E-state index in [4.69, 9.17) is 11.1 Å².